The van der Waals surface area contributed by atoms with Crippen LogP contribution in [-0.4, -0.2) is 56.6 Å². The van der Waals surface area contributed by atoms with Crippen LogP contribution in [0.25, 0.3) is 0 Å². The summed E-state index contributed by atoms with van der Waals surface area (Å²) in [7, 11) is -3.39. The number of aliphatic hydroxyl groups excluding tert-OH is 1. The number of rotatable bonds is 9. The van der Waals surface area contributed by atoms with Gasteiger partial charge in [-0.1, -0.05) is 42.5 Å². The fourth-order valence-corrected chi connectivity index (χ4v) is 5.11. The van der Waals surface area contributed by atoms with Gasteiger partial charge in [-0.15, -0.1) is 24.0 Å². The number of hydrogen-bond donors (Lipinski definition) is 3. The van der Waals surface area contributed by atoms with Crippen molar-refractivity contribution in [3.05, 3.63) is 65.7 Å². The summed E-state index contributed by atoms with van der Waals surface area (Å²) in [6.45, 7) is 4.94. The van der Waals surface area contributed by atoms with E-state index < -0.39 is 10.0 Å². The summed E-state index contributed by atoms with van der Waals surface area (Å²) in [5.41, 5.74) is 2.00. The highest BCUT2D eigenvalue weighted by Crippen LogP contribution is 2.21. The third kappa shape index (κ3) is 7.16. The number of hydrogen-bond acceptors (Lipinski definition) is 4. The van der Waals surface area contributed by atoms with Crippen molar-refractivity contribution in [1.82, 2.24) is 14.9 Å². The fraction of sp³-hybridized carbons (Fsp3) is 0.435. The van der Waals surface area contributed by atoms with Crippen LogP contribution in [-0.2, 0) is 16.6 Å². The van der Waals surface area contributed by atoms with Crippen LogP contribution >= 0.6 is 24.0 Å². The molecular weight excluding hydrogens is 539 g/mol. The zero-order chi connectivity index (χ0) is 22.1. The molecule has 32 heavy (non-hydrogen) atoms. The first-order chi connectivity index (χ1) is 15.0. The maximum Gasteiger partial charge on any atom is 0.243 e. The molecule has 3 N–H and O–H groups in total. The molecular formula is C23H33IN4O3S. The van der Waals surface area contributed by atoms with Gasteiger partial charge >= 0.3 is 0 Å². The number of aliphatic imine (C=N–C) groups is 1. The summed E-state index contributed by atoms with van der Waals surface area (Å²) in [6, 6.07) is 16.8. The highest BCUT2D eigenvalue weighted by molar-refractivity contribution is 14.0. The molecule has 1 unspecified atom stereocenters. The molecule has 0 amide bonds. The monoisotopic (exact) mass is 572 g/mol. The molecule has 1 saturated heterocycles. The Morgan fingerprint density at radius 2 is 1.72 bits per heavy atom. The van der Waals surface area contributed by atoms with Gasteiger partial charge in [0.15, 0.2) is 5.96 Å². The summed E-state index contributed by atoms with van der Waals surface area (Å²) in [6.07, 6.45) is 1.85. The van der Waals surface area contributed by atoms with E-state index in [4.69, 9.17) is 0 Å². The lowest BCUT2D eigenvalue weighted by atomic mass is 10.0. The quantitative estimate of drug-likeness (QED) is 0.244. The Morgan fingerprint density at radius 1 is 1.06 bits per heavy atom. The van der Waals surface area contributed by atoms with E-state index in [0.717, 1.165) is 24.0 Å². The van der Waals surface area contributed by atoms with E-state index in [2.05, 4.69) is 15.6 Å². The second-order valence-electron chi connectivity index (χ2n) is 7.62. The van der Waals surface area contributed by atoms with Crippen LogP contribution in [0.2, 0.25) is 0 Å². The van der Waals surface area contributed by atoms with Crippen LogP contribution in [0.5, 0.6) is 0 Å². The van der Waals surface area contributed by atoms with Crippen LogP contribution in [0.1, 0.15) is 36.8 Å². The molecule has 0 spiro atoms. The van der Waals surface area contributed by atoms with Gasteiger partial charge in [0.25, 0.3) is 0 Å². The number of halogens is 1. The summed E-state index contributed by atoms with van der Waals surface area (Å²) >= 11 is 0. The molecule has 0 radical (unpaired) electrons. The third-order valence-electron chi connectivity index (χ3n) is 5.40. The Balaban J connectivity index is 0.00000363. The molecule has 1 fully saturated rings. The Labute approximate surface area is 208 Å². The van der Waals surface area contributed by atoms with Crippen LogP contribution in [0.15, 0.2) is 64.5 Å². The summed E-state index contributed by atoms with van der Waals surface area (Å²) in [4.78, 5) is 4.94. The number of guanidine groups is 1. The van der Waals surface area contributed by atoms with Gasteiger partial charge in [-0.05, 0) is 43.0 Å². The first-order valence-electron chi connectivity index (χ1n) is 10.8. The number of nitrogens with one attached hydrogen (secondary N) is 2. The summed E-state index contributed by atoms with van der Waals surface area (Å²) in [5, 5.41) is 16.2. The average molecular weight is 573 g/mol. The smallest absolute Gasteiger partial charge is 0.243 e. The van der Waals surface area contributed by atoms with E-state index in [1.165, 1.54) is 0 Å². The number of benzene rings is 2. The van der Waals surface area contributed by atoms with Crippen molar-refractivity contribution in [3.8, 4) is 0 Å². The lowest BCUT2D eigenvalue weighted by Crippen LogP contribution is -2.39. The molecule has 0 bridgehead atoms. The fourth-order valence-electron chi connectivity index (χ4n) is 3.59. The number of aliphatic hydroxyl groups is 1. The Kier molecular flexibility index (Phi) is 10.9. The van der Waals surface area contributed by atoms with Crippen molar-refractivity contribution >= 4 is 40.0 Å². The van der Waals surface area contributed by atoms with Gasteiger partial charge in [-0.25, -0.2) is 13.4 Å². The van der Waals surface area contributed by atoms with Crippen molar-refractivity contribution in [1.29, 1.82) is 0 Å². The zero-order valence-electron chi connectivity index (χ0n) is 18.4. The minimum absolute atomic E-state index is 0. The molecule has 1 atom stereocenters. The molecule has 0 saturated carbocycles. The van der Waals surface area contributed by atoms with Crippen molar-refractivity contribution in [2.75, 3.05) is 32.8 Å². The Morgan fingerprint density at radius 3 is 2.31 bits per heavy atom. The van der Waals surface area contributed by atoms with Crippen molar-refractivity contribution in [2.45, 2.75) is 37.1 Å². The van der Waals surface area contributed by atoms with Crippen molar-refractivity contribution in [3.63, 3.8) is 0 Å². The third-order valence-corrected chi connectivity index (χ3v) is 7.31. The van der Waals surface area contributed by atoms with Crippen molar-refractivity contribution in [2.24, 2.45) is 4.99 Å². The molecule has 1 aliphatic heterocycles. The molecule has 7 nitrogen and oxygen atoms in total. The van der Waals surface area contributed by atoms with Gasteiger partial charge in [0.05, 0.1) is 18.0 Å². The van der Waals surface area contributed by atoms with Crippen LogP contribution in [0.3, 0.4) is 0 Å². The minimum atomic E-state index is -3.39. The molecule has 0 aliphatic carbocycles. The molecule has 3 rings (SSSR count). The van der Waals surface area contributed by atoms with E-state index in [1.807, 2.05) is 49.4 Å². The molecule has 1 aliphatic rings. The Hall–Kier alpha value is -1.69. The normalized spacial score (nSPS) is 15.8. The molecule has 9 heteroatoms. The number of nitrogens with zero attached hydrogens (tertiary/aromatic N) is 2. The first kappa shape index (κ1) is 26.6. The van der Waals surface area contributed by atoms with Crippen LogP contribution < -0.4 is 10.6 Å². The molecule has 176 valence electrons. The first-order valence-corrected chi connectivity index (χ1v) is 12.3. The van der Waals surface area contributed by atoms with E-state index >= 15 is 0 Å². The van der Waals surface area contributed by atoms with Gasteiger partial charge in [0.1, 0.15) is 0 Å². The van der Waals surface area contributed by atoms with Gasteiger partial charge in [-0.3, -0.25) is 0 Å². The van der Waals surface area contributed by atoms with E-state index in [0.29, 0.717) is 43.6 Å². The topological polar surface area (TPSA) is 94.0 Å². The van der Waals surface area contributed by atoms with Gasteiger partial charge in [-0.2, -0.15) is 4.31 Å². The predicted octanol–water partition coefficient (Wildman–Crippen LogP) is 2.92. The molecule has 2 aromatic carbocycles. The van der Waals surface area contributed by atoms with E-state index in [1.54, 1.807) is 16.4 Å². The van der Waals surface area contributed by atoms with E-state index in [-0.39, 0.29) is 36.5 Å². The maximum absolute atomic E-state index is 12.6. The largest absolute Gasteiger partial charge is 0.396 e. The standard InChI is InChI=1S/C23H32N4O3S.HI/c1-2-24-23(26-17-21(18-28)20-8-4-3-5-9-20)25-16-19-10-12-22(13-11-19)31(29,30)27-14-6-7-15-27;/h3-5,8-13,21,28H,2,6-7,14-18H2,1H3,(H2,24,25,26);1H. The predicted molar refractivity (Wildman–Crippen MR) is 139 cm³/mol. The second kappa shape index (κ2) is 13.1. The Bertz CT molecular complexity index is 947. The van der Waals surface area contributed by atoms with E-state index in [9.17, 15) is 13.5 Å². The van der Waals surface area contributed by atoms with Crippen LogP contribution in [0.4, 0.5) is 0 Å². The number of sulfonamides is 1. The highest BCUT2D eigenvalue weighted by Gasteiger charge is 2.26. The second-order valence-corrected chi connectivity index (χ2v) is 9.56. The highest BCUT2D eigenvalue weighted by atomic mass is 127. The lowest BCUT2D eigenvalue weighted by molar-refractivity contribution is 0.265. The summed E-state index contributed by atoms with van der Waals surface area (Å²) < 4.78 is 26.9. The molecule has 1 heterocycles. The molecule has 2 aromatic rings. The van der Waals surface area contributed by atoms with Gasteiger partial charge < -0.3 is 15.7 Å². The SMILES string of the molecule is CCNC(=NCc1ccc(S(=O)(=O)N2CCCC2)cc1)NCC(CO)c1ccccc1.I. The average Bonchev–Trinajstić information content (AvgIpc) is 3.35. The lowest BCUT2D eigenvalue weighted by Gasteiger charge is -2.18. The molecule has 0 aromatic heterocycles. The van der Waals surface area contributed by atoms with Crippen LogP contribution in [0, 0.1) is 0 Å². The van der Waals surface area contributed by atoms with Gasteiger partial charge in [0.2, 0.25) is 10.0 Å². The minimum Gasteiger partial charge on any atom is -0.396 e. The zero-order valence-corrected chi connectivity index (χ0v) is 21.6. The van der Waals surface area contributed by atoms with Crippen molar-refractivity contribution < 1.29 is 13.5 Å². The summed E-state index contributed by atoms with van der Waals surface area (Å²) in [5.74, 6) is 0.630. The van der Waals surface area contributed by atoms with Gasteiger partial charge in [0, 0.05) is 32.1 Å². The maximum atomic E-state index is 12.6.